The highest BCUT2D eigenvalue weighted by Crippen LogP contribution is 2.20. The summed E-state index contributed by atoms with van der Waals surface area (Å²) in [4.78, 5) is 32.7. The highest BCUT2D eigenvalue weighted by molar-refractivity contribution is 5.82. The molecule has 1 fully saturated rings. The van der Waals surface area contributed by atoms with Gasteiger partial charge in [0.25, 0.3) is 0 Å². The molecule has 2 N–H and O–H groups in total. The lowest BCUT2D eigenvalue weighted by Gasteiger charge is -2.36. The van der Waals surface area contributed by atoms with Crippen molar-refractivity contribution in [2.75, 3.05) is 46.3 Å². The minimum atomic E-state index is -0.474. The van der Waals surface area contributed by atoms with Crippen molar-refractivity contribution in [2.45, 2.75) is 66.9 Å². The molecule has 174 valence electrons. The zero-order chi connectivity index (χ0) is 22.9. The molecule has 8 nitrogen and oxygen atoms in total. The number of rotatable bonds is 6. The molecule has 0 radical (unpaired) electrons. The smallest absolute Gasteiger partial charge is 0.410 e. The molecule has 2 amide bonds. The number of aliphatic imine (C=N–C) groups is 1. The Hall–Kier alpha value is -1.99. The summed E-state index contributed by atoms with van der Waals surface area (Å²) in [5.74, 6) is 1.36. The van der Waals surface area contributed by atoms with Crippen molar-refractivity contribution in [3.63, 3.8) is 0 Å². The third kappa shape index (κ3) is 9.22. The Labute approximate surface area is 182 Å². The number of guanidine groups is 1. The van der Waals surface area contributed by atoms with Crippen LogP contribution in [0, 0.1) is 11.3 Å². The monoisotopic (exact) mass is 425 g/mol. The molecule has 30 heavy (non-hydrogen) atoms. The minimum Gasteiger partial charge on any atom is -0.444 e. The van der Waals surface area contributed by atoms with Gasteiger partial charge in [0.05, 0.1) is 0 Å². The number of nitrogens with one attached hydrogen (secondary N) is 2. The highest BCUT2D eigenvalue weighted by atomic mass is 16.6. The Morgan fingerprint density at radius 3 is 2.10 bits per heavy atom. The number of carbonyl (C=O) groups is 2. The van der Waals surface area contributed by atoms with Crippen molar-refractivity contribution in [1.82, 2.24) is 20.4 Å². The highest BCUT2D eigenvalue weighted by Gasteiger charge is 2.27. The third-order valence-electron chi connectivity index (χ3n) is 5.01. The fourth-order valence-corrected chi connectivity index (χ4v) is 3.25. The molecule has 8 heteroatoms. The van der Waals surface area contributed by atoms with E-state index in [1.807, 2.05) is 48.5 Å². The van der Waals surface area contributed by atoms with Crippen LogP contribution in [0.2, 0.25) is 0 Å². The lowest BCUT2D eigenvalue weighted by atomic mass is 9.96. The molecule has 0 atom stereocenters. The maximum Gasteiger partial charge on any atom is 0.410 e. The van der Waals surface area contributed by atoms with Crippen molar-refractivity contribution in [1.29, 1.82) is 0 Å². The summed E-state index contributed by atoms with van der Waals surface area (Å²) >= 11 is 0. The fourth-order valence-electron chi connectivity index (χ4n) is 3.25. The zero-order valence-corrected chi connectivity index (χ0v) is 20.3. The number of amides is 2. The van der Waals surface area contributed by atoms with Crippen molar-refractivity contribution in [3.8, 4) is 0 Å². The van der Waals surface area contributed by atoms with Crippen LogP contribution in [0.5, 0.6) is 0 Å². The van der Waals surface area contributed by atoms with Crippen LogP contribution in [-0.2, 0) is 9.53 Å². The topological polar surface area (TPSA) is 86.3 Å². The van der Waals surface area contributed by atoms with Crippen molar-refractivity contribution in [3.05, 3.63) is 0 Å². The number of likely N-dealkylation sites (tertiary alicyclic amines) is 1. The van der Waals surface area contributed by atoms with E-state index in [0.29, 0.717) is 25.6 Å². The van der Waals surface area contributed by atoms with Crippen molar-refractivity contribution in [2.24, 2.45) is 16.3 Å². The molecule has 1 aliphatic heterocycles. The predicted octanol–water partition coefficient (Wildman–Crippen LogP) is 2.69. The Morgan fingerprint density at radius 2 is 1.63 bits per heavy atom. The molecule has 1 aliphatic rings. The van der Waals surface area contributed by atoms with Gasteiger partial charge in [0, 0.05) is 51.7 Å². The Balaban J connectivity index is 2.42. The fraction of sp³-hybridized carbons (Fsp3) is 0.864. The van der Waals surface area contributed by atoms with Crippen LogP contribution in [0.3, 0.4) is 0 Å². The van der Waals surface area contributed by atoms with Gasteiger partial charge in [-0.25, -0.2) is 4.79 Å². The van der Waals surface area contributed by atoms with Gasteiger partial charge in [-0.2, -0.15) is 0 Å². The van der Waals surface area contributed by atoms with Gasteiger partial charge in [-0.05, 0) is 46.5 Å². The van der Waals surface area contributed by atoms with Gasteiger partial charge >= 0.3 is 6.09 Å². The maximum absolute atomic E-state index is 12.4. The molecule has 0 spiro atoms. The van der Waals surface area contributed by atoms with Crippen LogP contribution in [0.1, 0.15) is 61.3 Å². The first-order valence-corrected chi connectivity index (χ1v) is 11.1. The second-order valence-corrected chi connectivity index (χ2v) is 9.93. The summed E-state index contributed by atoms with van der Waals surface area (Å²) in [6.45, 7) is 17.7. The lowest BCUT2D eigenvalue weighted by molar-refractivity contribution is -0.128. The largest absolute Gasteiger partial charge is 0.444 e. The van der Waals surface area contributed by atoms with Crippen LogP contribution >= 0.6 is 0 Å². The summed E-state index contributed by atoms with van der Waals surface area (Å²) in [5, 5.41) is 6.28. The molecule has 1 saturated heterocycles. The number of carbonyl (C=O) groups excluding carboxylic acids is 2. The van der Waals surface area contributed by atoms with Crippen LogP contribution < -0.4 is 10.6 Å². The molecular weight excluding hydrogens is 382 g/mol. The van der Waals surface area contributed by atoms with E-state index in [1.54, 1.807) is 11.9 Å². The van der Waals surface area contributed by atoms with Crippen LogP contribution in [0.25, 0.3) is 0 Å². The Bertz CT molecular complexity index is 585. The molecule has 0 unspecified atom stereocenters. The van der Waals surface area contributed by atoms with Gasteiger partial charge in [0.2, 0.25) is 5.91 Å². The van der Waals surface area contributed by atoms with E-state index < -0.39 is 5.60 Å². The number of nitrogens with zero attached hydrogens (tertiary/aromatic N) is 3. The first-order chi connectivity index (χ1) is 13.9. The molecule has 1 rings (SSSR count). The molecule has 0 bridgehead atoms. The average Bonchev–Trinajstić information content (AvgIpc) is 2.64. The van der Waals surface area contributed by atoms with Gasteiger partial charge in [0.15, 0.2) is 5.96 Å². The second kappa shape index (κ2) is 11.4. The first-order valence-electron chi connectivity index (χ1n) is 11.1. The first kappa shape index (κ1) is 26.0. The number of hydrogen-bond donors (Lipinski definition) is 2. The van der Waals surface area contributed by atoms with Crippen LogP contribution in [-0.4, -0.2) is 79.7 Å². The van der Waals surface area contributed by atoms with Gasteiger partial charge in [0.1, 0.15) is 5.60 Å². The SMILES string of the molecule is CCN(CC1CCN(C(=NC)NCCNC(=O)C(C)(C)C)CC1)C(=O)OC(C)(C)C. The van der Waals surface area contributed by atoms with E-state index in [9.17, 15) is 9.59 Å². The van der Waals surface area contributed by atoms with Crippen LogP contribution in [0.4, 0.5) is 4.79 Å². The minimum absolute atomic E-state index is 0.0468. The lowest BCUT2D eigenvalue weighted by Crippen LogP contribution is -2.49. The normalized spacial score (nSPS) is 16.3. The number of hydrogen-bond acceptors (Lipinski definition) is 4. The van der Waals surface area contributed by atoms with Gasteiger partial charge in [-0.1, -0.05) is 20.8 Å². The molecule has 0 aliphatic carbocycles. The molecule has 0 aromatic heterocycles. The summed E-state index contributed by atoms with van der Waals surface area (Å²) in [6.07, 6.45) is 1.77. The average molecular weight is 426 g/mol. The molecule has 0 aromatic carbocycles. The van der Waals surface area contributed by atoms with E-state index in [0.717, 1.165) is 38.4 Å². The Morgan fingerprint density at radius 1 is 1.07 bits per heavy atom. The van der Waals surface area contributed by atoms with Gasteiger partial charge in [-0.3, -0.25) is 9.79 Å². The van der Waals surface area contributed by atoms with E-state index in [-0.39, 0.29) is 17.4 Å². The standard InChI is InChI=1S/C22H43N5O3/c1-9-26(20(29)30-22(5,6)7)16-17-10-14-27(15-11-17)19(23-8)25-13-12-24-18(28)21(2,3)4/h17H,9-16H2,1-8H3,(H,23,25)(H,24,28). The summed E-state index contributed by atoms with van der Waals surface area (Å²) in [5.41, 5.74) is -0.854. The van der Waals surface area contributed by atoms with Crippen LogP contribution in [0.15, 0.2) is 4.99 Å². The quantitative estimate of drug-likeness (QED) is 0.388. The Kier molecular flexibility index (Phi) is 9.91. The molecule has 0 aromatic rings. The molecular formula is C22H43N5O3. The molecule has 1 heterocycles. The van der Waals surface area contributed by atoms with E-state index in [4.69, 9.17) is 4.74 Å². The summed E-state index contributed by atoms with van der Waals surface area (Å²) in [7, 11) is 1.78. The number of ether oxygens (including phenoxy) is 1. The summed E-state index contributed by atoms with van der Waals surface area (Å²) < 4.78 is 5.52. The maximum atomic E-state index is 12.4. The third-order valence-corrected chi connectivity index (χ3v) is 5.01. The van der Waals surface area contributed by atoms with Crippen molar-refractivity contribution >= 4 is 18.0 Å². The van der Waals surface area contributed by atoms with Gasteiger partial charge in [-0.15, -0.1) is 0 Å². The van der Waals surface area contributed by atoms with E-state index >= 15 is 0 Å². The van der Waals surface area contributed by atoms with Crippen molar-refractivity contribution < 1.29 is 14.3 Å². The van der Waals surface area contributed by atoms with Gasteiger partial charge < -0.3 is 25.2 Å². The van der Waals surface area contributed by atoms with E-state index in [1.165, 1.54) is 0 Å². The second-order valence-electron chi connectivity index (χ2n) is 9.93. The number of piperidine rings is 1. The van der Waals surface area contributed by atoms with E-state index in [2.05, 4.69) is 20.5 Å². The molecule has 0 saturated carbocycles. The predicted molar refractivity (Wildman–Crippen MR) is 122 cm³/mol. The zero-order valence-electron chi connectivity index (χ0n) is 20.3. The summed E-state index contributed by atoms with van der Waals surface area (Å²) in [6, 6.07) is 0.